The first kappa shape index (κ1) is 14.5. The first-order chi connectivity index (χ1) is 8.29. The van der Waals surface area contributed by atoms with Crippen molar-refractivity contribution in [3.8, 4) is 0 Å². The van der Waals surface area contributed by atoms with Gasteiger partial charge in [-0.1, -0.05) is 34.6 Å². The molecule has 0 spiro atoms. The van der Waals surface area contributed by atoms with E-state index in [1.54, 1.807) is 6.20 Å². The van der Waals surface area contributed by atoms with Crippen molar-refractivity contribution in [3.05, 3.63) is 18.3 Å². The summed E-state index contributed by atoms with van der Waals surface area (Å²) in [4.78, 5) is 16.0. The van der Waals surface area contributed by atoms with Gasteiger partial charge in [0, 0.05) is 12.0 Å². The van der Waals surface area contributed by atoms with Crippen LogP contribution in [0, 0.1) is 11.3 Å². The van der Waals surface area contributed by atoms with E-state index in [0.29, 0.717) is 11.7 Å². The standard InChI is InChI=1S/C14H23N3O/c1-10(2)8-15-11-6-7-12(16-9-11)17-13(18)14(3,4)5/h6-7,9-10,15H,8H2,1-5H3,(H,16,17,18). The Bertz CT molecular complexity index is 390. The van der Waals surface area contributed by atoms with Crippen molar-refractivity contribution >= 4 is 17.4 Å². The normalized spacial score (nSPS) is 11.4. The van der Waals surface area contributed by atoms with E-state index in [2.05, 4.69) is 29.5 Å². The third kappa shape index (κ3) is 4.73. The maximum absolute atomic E-state index is 11.8. The van der Waals surface area contributed by atoms with Crippen molar-refractivity contribution in [1.82, 2.24) is 4.98 Å². The molecule has 0 radical (unpaired) electrons. The summed E-state index contributed by atoms with van der Waals surface area (Å²) in [6.45, 7) is 10.8. The van der Waals surface area contributed by atoms with Crippen LogP contribution < -0.4 is 10.6 Å². The minimum Gasteiger partial charge on any atom is -0.384 e. The summed E-state index contributed by atoms with van der Waals surface area (Å²) in [7, 11) is 0. The van der Waals surface area contributed by atoms with Crippen LogP contribution in [0.2, 0.25) is 0 Å². The van der Waals surface area contributed by atoms with Gasteiger partial charge in [-0.2, -0.15) is 0 Å². The van der Waals surface area contributed by atoms with Crippen LogP contribution >= 0.6 is 0 Å². The lowest BCUT2D eigenvalue weighted by Gasteiger charge is -2.17. The predicted molar refractivity (Wildman–Crippen MR) is 75.6 cm³/mol. The van der Waals surface area contributed by atoms with Gasteiger partial charge in [-0.25, -0.2) is 4.98 Å². The average molecular weight is 249 g/mol. The molecule has 0 unspecified atom stereocenters. The number of hydrogen-bond donors (Lipinski definition) is 2. The molecule has 2 N–H and O–H groups in total. The van der Waals surface area contributed by atoms with E-state index in [1.165, 1.54) is 0 Å². The lowest BCUT2D eigenvalue weighted by atomic mass is 9.96. The number of anilines is 2. The maximum atomic E-state index is 11.8. The summed E-state index contributed by atoms with van der Waals surface area (Å²) in [5.74, 6) is 1.15. The topological polar surface area (TPSA) is 54.0 Å². The van der Waals surface area contributed by atoms with E-state index in [9.17, 15) is 4.79 Å². The monoisotopic (exact) mass is 249 g/mol. The molecule has 0 aliphatic rings. The highest BCUT2D eigenvalue weighted by molar-refractivity contribution is 5.93. The molecule has 0 saturated carbocycles. The summed E-state index contributed by atoms with van der Waals surface area (Å²) in [5.41, 5.74) is 0.563. The van der Waals surface area contributed by atoms with E-state index < -0.39 is 5.41 Å². The molecule has 0 atom stereocenters. The van der Waals surface area contributed by atoms with Gasteiger partial charge >= 0.3 is 0 Å². The molecule has 0 saturated heterocycles. The van der Waals surface area contributed by atoms with Gasteiger partial charge in [-0.15, -0.1) is 0 Å². The molecule has 1 rings (SSSR count). The third-order valence-corrected chi connectivity index (χ3v) is 2.40. The van der Waals surface area contributed by atoms with Crippen LogP contribution in [0.5, 0.6) is 0 Å². The van der Waals surface area contributed by atoms with Gasteiger partial charge in [0.25, 0.3) is 0 Å². The largest absolute Gasteiger partial charge is 0.384 e. The van der Waals surface area contributed by atoms with Crippen LogP contribution in [-0.4, -0.2) is 17.4 Å². The summed E-state index contributed by atoms with van der Waals surface area (Å²) >= 11 is 0. The molecule has 0 bridgehead atoms. The van der Waals surface area contributed by atoms with Crippen LogP contribution in [0.3, 0.4) is 0 Å². The number of amides is 1. The number of nitrogens with zero attached hydrogens (tertiary/aromatic N) is 1. The highest BCUT2D eigenvalue weighted by Gasteiger charge is 2.21. The lowest BCUT2D eigenvalue weighted by Crippen LogP contribution is -2.28. The summed E-state index contributed by atoms with van der Waals surface area (Å²) in [6, 6.07) is 3.74. The van der Waals surface area contributed by atoms with E-state index in [0.717, 1.165) is 12.2 Å². The van der Waals surface area contributed by atoms with Crippen molar-refractivity contribution in [2.75, 3.05) is 17.2 Å². The Hall–Kier alpha value is -1.58. The summed E-state index contributed by atoms with van der Waals surface area (Å²) in [6.07, 6.45) is 1.74. The maximum Gasteiger partial charge on any atom is 0.230 e. The van der Waals surface area contributed by atoms with E-state index >= 15 is 0 Å². The fraction of sp³-hybridized carbons (Fsp3) is 0.571. The highest BCUT2D eigenvalue weighted by atomic mass is 16.2. The van der Waals surface area contributed by atoms with Crippen molar-refractivity contribution < 1.29 is 4.79 Å². The van der Waals surface area contributed by atoms with E-state index in [-0.39, 0.29) is 5.91 Å². The molecule has 1 amide bonds. The Labute approximate surface area is 109 Å². The Balaban J connectivity index is 2.58. The molecule has 100 valence electrons. The van der Waals surface area contributed by atoms with Crippen LogP contribution in [0.25, 0.3) is 0 Å². The van der Waals surface area contributed by atoms with Gasteiger partial charge in [-0.05, 0) is 18.1 Å². The fourth-order valence-electron chi connectivity index (χ4n) is 1.20. The van der Waals surface area contributed by atoms with Crippen LogP contribution in [-0.2, 0) is 4.79 Å². The van der Waals surface area contributed by atoms with Crippen molar-refractivity contribution in [2.45, 2.75) is 34.6 Å². The van der Waals surface area contributed by atoms with Gasteiger partial charge in [-0.3, -0.25) is 4.79 Å². The molecule has 0 aromatic carbocycles. The molecule has 4 nitrogen and oxygen atoms in total. The minimum absolute atomic E-state index is 0.0297. The Morgan fingerprint density at radius 1 is 1.33 bits per heavy atom. The van der Waals surface area contributed by atoms with Crippen molar-refractivity contribution in [3.63, 3.8) is 0 Å². The highest BCUT2D eigenvalue weighted by Crippen LogP contribution is 2.17. The number of hydrogen-bond acceptors (Lipinski definition) is 3. The number of rotatable bonds is 4. The van der Waals surface area contributed by atoms with Gasteiger partial charge in [0.2, 0.25) is 5.91 Å². The zero-order valence-corrected chi connectivity index (χ0v) is 11.9. The van der Waals surface area contributed by atoms with Gasteiger partial charge in [0.15, 0.2) is 0 Å². The molecule has 1 aromatic heterocycles. The van der Waals surface area contributed by atoms with E-state index in [1.807, 2.05) is 32.9 Å². The summed E-state index contributed by atoms with van der Waals surface area (Å²) < 4.78 is 0. The smallest absolute Gasteiger partial charge is 0.230 e. The Morgan fingerprint density at radius 3 is 2.44 bits per heavy atom. The second kappa shape index (κ2) is 5.85. The summed E-state index contributed by atoms with van der Waals surface area (Å²) in [5, 5.41) is 6.08. The van der Waals surface area contributed by atoms with Gasteiger partial charge in [0.1, 0.15) is 5.82 Å². The lowest BCUT2D eigenvalue weighted by molar-refractivity contribution is -0.123. The molecule has 1 heterocycles. The number of aromatic nitrogens is 1. The molecule has 4 heteroatoms. The van der Waals surface area contributed by atoms with Crippen LogP contribution in [0.1, 0.15) is 34.6 Å². The Kier molecular flexibility index (Phi) is 4.70. The Morgan fingerprint density at radius 2 is 2.00 bits per heavy atom. The zero-order valence-electron chi connectivity index (χ0n) is 11.9. The van der Waals surface area contributed by atoms with Gasteiger partial charge < -0.3 is 10.6 Å². The average Bonchev–Trinajstić information content (AvgIpc) is 2.26. The number of carbonyl (C=O) groups is 1. The number of carbonyl (C=O) groups excluding carboxylic acids is 1. The number of nitrogens with one attached hydrogen (secondary N) is 2. The SMILES string of the molecule is CC(C)CNc1ccc(NC(=O)C(C)(C)C)nc1. The van der Waals surface area contributed by atoms with Gasteiger partial charge in [0.05, 0.1) is 11.9 Å². The van der Waals surface area contributed by atoms with Crippen LogP contribution in [0.4, 0.5) is 11.5 Å². The molecule has 0 fully saturated rings. The third-order valence-electron chi connectivity index (χ3n) is 2.40. The van der Waals surface area contributed by atoms with E-state index in [4.69, 9.17) is 0 Å². The molecule has 18 heavy (non-hydrogen) atoms. The second-order valence-electron chi connectivity index (χ2n) is 5.91. The predicted octanol–water partition coefficient (Wildman–Crippen LogP) is 3.13. The molecular weight excluding hydrogens is 226 g/mol. The molecular formula is C14H23N3O. The molecule has 1 aromatic rings. The minimum atomic E-state index is -0.407. The first-order valence-electron chi connectivity index (χ1n) is 6.30. The zero-order chi connectivity index (χ0) is 13.8. The van der Waals surface area contributed by atoms with Crippen molar-refractivity contribution in [2.24, 2.45) is 11.3 Å². The molecule has 0 aliphatic carbocycles. The number of pyridine rings is 1. The van der Waals surface area contributed by atoms with Crippen molar-refractivity contribution in [1.29, 1.82) is 0 Å². The second-order valence-corrected chi connectivity index (χ2v) is 5.91. The van der Waals surface area contributed by atoms with Crippen LogP contribution in [0.15, 0.2) is 18.3 Å². The molecule has 0 aliphatic heterocycles. The fourth-order valence-corrected chi connectivity index (χ4v) is 1.20. The first-order valence-corrected chi connectivity index (χ1v) is 6.30. The quantitative estimate of drug-likeness (QED) is 0.862.